The van der Waals surface area contributed by atoms with Gasteiger partial charge in [0.05, 0.1) is 12.8 Å². The smallest absolute Gasteiger partial charge is 0.0609 e. The normalized spacial score (nSPS) is 11.6. The molecule has 0 atom stereocenters. The molecule has 0 fully saturated rings. The molecule has 0 bridgehead atoms. The molecule has 164 valence electrons. The molecule has 1 heterocycles. The summed E-state index contributed by atoms with van der Waals surface area (Å²) in [5.41, 5.74) is 8.70. The van der Waals surface area contributed by atoms with Crippen molar-refractivity contribution in [2.75, 3.05) is 0 Å². The SMILES string of the molecule is Cc1c(/C=N/NCc2c(Cl)cccc2Cl)c2ccccc2n1Cc1cccc2ccccc12. The second-order valence-electron chi connectivity index (χ2n) is 8.03. The topological polar surface area (TPSA) is 29.3 Å². The van der Waals surface area contributed by atoms with E-state index in [9.17, 15) is 0 Å². The Morgan fingerprint density at radius 2 is 1.48 bits per heavy atom. The van der Waals surface area contributed by atoms with E-state index >= 15 is 0 Å². The number of fused-ring (bicyclic) bond motifs is 2. The van der Waals surface area contributed by atoms with Crippen LogP contribution in [0.4, 0.5) is 0 Å². The van der Waals surface area contributed by atoms with Gasteiger partial charge in [-0.1, -0.05) is 89.9 Å². The van der Waals surface area contributed by atoms with Gasteiger partial charge in [0.25, 0.3) is 0 Å². The highest BCUT2D eigenvalue weighted by atomic mass is 35.5. The molecule has 0 saturated carbocycles. The van der Waals surface area contributed by atoms with Crippen LogP contribution in [0.15, 0.2) is 90.0 Å². The lowest BCUT2D eigenvalue weighted by molar-refractivity contribution is 0.748. The number of hydrazone groups is 1. The van der Waals surface area contributed by atoms with Crippen molar-refractivity contribution in [3.05, 3.63) is 117 Å². The summed E-state index contributed by atoms with van der Waals surface area (Å²) >= 11 is 12.5. The van der Waals surface area contributed by atoms with E-state index < -0.39 is 0 Å². The number of hydrogen-bond donors (Lipinski definition) is 1. The van der Waals surface area contributed by atoms with Crippen molar-refractivity contribution in [2.24, 2.45) is 5.10 Å². The van der Waals surface area contributed by atoms with E-state index in [0.29, 0.717) is 16.6 Å². The van der Waals surface area contributed by atoms with Crippen LogP contribution in [-0.4, -0.2) is 10.8 Å². The third-order valence-electron chi connectivity index (χ3n) is 6.09. The number of halogens is 2. The Kier molecular flexibility index (Phi) is 6.08. The predicted molar refractivity (Wildman–Crippen MR) is 141 cm³/mol. The molecule has 0 saturated heterocycles. The van der Waals surface area contributed by atoms with Gasteiger partial charge in [-0.3, -0.25) is 0 Å². The fourth-order valence-corrected chi connectivity index (χ4v) is 4.89. The molecule has 0 amide bonds. The summed E-state index contributed by atoms with van der Waals surface area (Å²) in [6, 6.07) is 29.0. The summed E-state index contributed by atoms with van der Waals surface area (Å²) in [6.45, 7) is 3.41. The van der Waals surface area contributed by atoms with Gasteiger partial charge in [-0.15, -0.1) is 0 Å². The molecule has 0 aliphatic heterocycles. The Morgan fingerprint density at radius 3 is 2.30 bits per heavy atom. The maximum atomic E-state index is 6.27. The van der Waals surface area contributed by atoms with Crippen molar-refractivity contribution in [3.8, 4) is 0 Å². The third-order valence-corrected chi connectivity index (χ3v) is 6.80. The summed E-state index contributed by atoms with van der Waals surface area (Å²) in [7, 11) is 0. The van der Waals surface area contributed by atoms with Gasteiger partial charge >= 0.3 is 0 Å². The molecule has 0 radical (unpaired) electrons. The van der Waals surface area contributed by atoms with E-state index in [-0.39, 0.29) is 0 Å². The second-order valence-corrected chi connectivity index (χ2v) is 8.85. The number of aromatic nitrogens is 1. The molecule has 0 unspecified atom stereocenters. The number of rotatable bonds is 6. The molecule has 1 aromatic heterocycles. The zero-order chi connectivity index (χ0) is 22.8. The summed E-state index contributed by atoms with van der Waals surface area (Å²) in [6.07, 6.45) is 1.89. The van der Waals surface area contributed by atoms with Crippen LogP contribution in [0.1, 0.15) is 22.4 Å². The molecule has 0 spiro atoms. The van der Waals surface area contributed by atoms with Crippen LogP contribution in [-0.2, 0) is 13.1 Å². The minimum absolute atomic E-state index is 0.461. The third kappa shape index (κ3) is 4.22. The Balaban J connectivity index is 1.47. The summed E-state index contributed by atoms with van der Waals surface area (Å²) in [5, 5.41) is 9.48. The molecular weight excluding hydrogens is 449 g/mol. The Bertz CT molecular complexity index is 1460. The van der Waals surface area contributed by atoms with Crippen LogP contribution in [0.25, 0.3) is 21.7 Å². The quantitative estimate of drug-likeness (QED) is 0.200. The maximum Gasteiger partial charge on any atom is 0.0609 e. The van der Waals surface area contributed by atoms with E-state index in [2.05, 4.69) is 88.7 Å². The molecule has 3 nitrogen and oxygen atoms in total. The number of para-hydroxylation sites is 1. The van der Waals surface area contributed by atoms with Crippen LogP contribution in [0.5, 0.6) is 0 Å². The van der Waals surface area contributed by atoms with Gasteiger partial charge in [0.1, 0.15) is 0 Å². The van der Waals surface area contributed by atoms with Crippen LogP contribution in [0, 0.1) is 6.92 Å². The van der Waals surface area contributed by atoms with E-state index in [0.717, 1.165) is 17.7 Å². The molecule has 0 aliphatic carbocycles. The number of hydrogen-bond acceptors (Lipinski definition) is 2. The highest BCUT2D eigenvalue weighted by Crippen LogP contribution is 2.28. The van der Waals surface area contributed by atoms with E-state index in [4.69, 9.17) is 23.2 Å². The fraction of sp³-hybridized carbons (Fsp3) is 0.107. The van der Waals surface area contributed by atoms with E-state index in [1.54, 1.807) is 0 Å². The van der Waals surface area contributed by atoms with Crippen LogP contribution >= 0.6 is 23.2 Å². The molecule has 5 rings (SSSR count). The summed E-state index contributed by atoms with van der Waals surface area (Å²) < 4.78 is 2.36. The largest absolute Gasteiger partial charge is 0.340 e. The highest BCUT2D eigenvalue weighted by molar-refractivity contribution is 6.35. The van der Waals surface area contributed by atoms with Gasteiger partial charge in [0.2, 0.25) is 0 Å². The van der Waals surface area contributed by atoms with Crippen molar-refractivity contribution in [1.82, 2.24) is 9.99 Å². The van der Waals surface area contributed by atoms with E-state index in [1.807, 2.05) is 24.4 Å². The summed E-state index contributed by atoms with van der Waals surface area (Å²) in [5.74, 6) is 0. The van der Waals surface area contributed by atoms with E-state index in [1.165, 1.54) is 32.9 Å². The molecule has 33 heavy (non-hydrogen) atoms. The lowest BCUT2D eigenvalue weighted by Gasteiger charge is -2.11. The minimum atomic E-state index is 0.461. The lowest BCUT2D eigenvalue weighted by Crippen LogP contribution is -2.07. The predicted octanol–water partition coefficient (Wildman–Crippen LogP) is 7.58. The van der Waals surface area contributed by atoms with Crippen molar-refractivity contribution in [1.29, 1.82) is 0 Å². The molecule has 5 aromatic rings. The standard InChI is InChI=1S/C28H23Cl2N3/c1-19-24(16-31-32-17-25-26(29)13-7-14-27(25)30)23-12-4-5-15-28(23)33(19)18-21-10-6-9-20-8-2-3-11-22(20)21/h2-16,32H,17-18H2,1H3/b31-16+. The van der Waals surface area contributed by atoms with Gasteiger partial charge < -0.3 is 9.99 Å². The molecule has 5 heteroatoms. The van der Waals surface area contributed by atoms with Gasteiger partial charge in [-0.2, -0.15) is 5.10 Å². The number of benzene rings is 4. The average molecular weight is 472 g/mol. The second kappa shape index (κ2) is 9.30. The van der Waals surface area contributed by atoms with Crippen molar-refractivity contribution < 1.29 is 0 Å². The van der Waals surface area contributed by atoms with Gasteiger partial charge in [0.15, 0.2) is 0 Å². The average Bonchev–Trinajstić information content (AvgIpc) is 3.09. The van der Waals surface area contributed by atoms with Crippen LogP contribution < -0.4 is 5.43 Å². The first-order chi connectivity index (χ1) is 16.1. The Hall–Kier alpha value is -3.27. The van der Waals surface area contributed by atoms with Gasteiger partial charge in [-0.25, -0.2) is 0 Å². The lowest BCUT2D eigenvalue weighted by atomic mass is 10.0. The molecule has 4 aromatic carbocycles. The number of nitrogens with zero attached hydrogens (tertiary/aromatic N) is 2. The zero-order valence-corrected chi connectivity index (χ0v) is 19.7. The Morgan fingerprint density at radius 1 is 0.818 bits per heavy atom. The van der Waals surface area contributed by atoms with Gasteiger partial charge in [-0.05, 0) is 41.5 Å². The first-order valence-corrected chi connectivity index (χ1v) is 11.6. The molecule has 1 N–H and O–H groups in total. The van der Waals surface area contributed by atoms with Gasteiger partial charge in [0, 0.05) is 44.3 Å². The van der Waals surface area contributed by atoms with Crippen molar-refractivity contribution >= 4 is 51.1 Å². The monoisotopic (exact) mass is 471 g/mol. The van der Waals surface area contributed by atoms with Crippen LogP contribution in [0.2, 0.25) is 10.0 Å². The Labute approximate surface area is 203 Å². The molecular formula is C28H23Cl2N3. The van der Waals surface area contributed by atoms with Crippen molar-refractivity contribution in [3.63, 3.8) is 0 Å². The maximum absolute atomic E-state index is 6.27. The highest BCUT2D eigenvalue weighted by Gasteiger charge is 2.14. The number of nitrogens with one attached hydrogen (secondary N) is 1. The molecule has 0 aliphatic rings. The first kappa shape index (κ1) is 21.6. The minimum Gasteiger partial charge on any atom is -0.340 e. The summed E-state index contributed by atoms with van der Waals surface area (Å²) in [4.78, 5) is 0. The first-order valence-electron chi connectivity index (χ1n) is 10.9. The fourth-order valence-electron chi connectivity index (χ4n) is 4.36. The van der Waals surface area contributed by atoms with Crippen LogP contribution in [0.3, 0.4) is 0 Å². The zero-order valence-electron chi connectivity index (χ0n) is 18.2. The van der Waals surface area contributed by atoms with Crippen molar-refractivity contribution in [2.45, 2.75) is 20.0 Å².